The summed E-state index contributed by atoms with van der Waals surface area (Å²) in [5, 5.41) is 0. The van der Waals surface area contributed by atoms with Crippen LogP contribution in [0.3, 0.4) is 0 Å². The van der Waals surface area contributed by atoms with Crippen molar-refractivity contribution in [2.24, 2.45) is 5.92 Å². The summed E-state index contributed by atoms with van der Waals surface area (Å²) < 4.78 is 10.2. The van der Waals surface area contributed by atoms with E-state index in [-0.39, 0.29) is 30.1 Å². The maximum atomic E-state index is 12.1. The van der Waals surface area contributed by atoms with Crippen molar-refractivity contribution < 1.29 is 19.1 Å². The van der Waals surface area contributed by atoms with Gasteiger partial charge in [-0.15, -0.1) is 0 Å². The summed E-state index contributed by atoms with van der Waals surface area (Å²) in [5.74, 6) is -0.403. The lowest BCUT2D eigenvalue weighted by atomic mass is 9.73. The monoisotopic (exact) mass is 255 g/mol. The van der Waals surface area contributed by atoms with E-state index in [0.29, 0.717) is 0 Å². The van der Waals surface area contributed by atoms with Gasteiger partial charge in [0.15, 0.2) is 0 Å². The van der Waals surface area contributed by atoms with Gasteiger partial charge in [0.05, 0.1) is 19.1 Å². The third-order valence-corrected chi connectivity index (χ3v) is 3.65. The SMILES string of the molecule is COC(=O)[C@H]1CC[C@@H]2C[C@H]1N2C(=O)OC(C)(C)C. The number of fused-ring (bicyclic) bond motifs is 2. The Balaban J connectivity index is 2.03. The summed E-state index contributed by atoms with van der Waals surface area (Å²) in [6.07, 6.45) is 2.24. The molecule has 1 saturated carbocycles. The molecule has 18 heavy (non-hydrogen) atoms. The number of carbonyl (C=O) groups excluding carboxylic acids is 2. The molecule has 3 atom stereocenters. The van der Waals surface area contributed by atoms with Gasteiger partial charge in [0.1, 0.15) is 5.60 Å². The van der Waals surface area contributed by atoms with E-state index < -0.39 is 5.60 Å². The number of carbonyl (C=O) groups is 2. The van der Waals surface area contributed by atoms with Gasteiger partial charge < -0.3 is 14.4 Å². The number of rotatable bonds is 1. The molecule has 0 spiro atoms. The van der Waals surface area contributed by atoms with Crippen molar-refractivity contribution >= 4 is 12.1 Å². The molecular weight excluding hydrogens is 234 g/mol. The first-order chi connectivity index (χ1) is 8.33. The normalized spacial score (nSPS) is 30.4. The molecule has 3 aliphatic rings. The number of nitrogens with zero attached hydrogens (tertiary/aromatic N) is 1. The molecule has 3 rings (SSSR count). The number of amides is 1. The predicted molar refractivity (Wildman–Crippen MR) is 65.0 cm³/mol. The molecular formula is C13H21NO4. The minimum Gasteiger partial charge on any atom is -0.469 e. The van der Waals surface area contributed by atoms with Crippen LogP contribution in [0.2, 0.25) is 0 Å². The van der Waals surface area contributed by atoms with Gasteiger partial charge in [-0.1, -0.05) is 0 Å². The Bertz CT molecular complexity index is 358. The van der Waals surface area contributed by atoms with Crippen LogP contribution in [-0.4, -0.2) is 41.8 Å². The first-order valence-electron chi connectivity index (χ1n) is 6.42. The average Bonchev–Trinajstić information content (AvgIpc) is 2.25. The van der Waals surface area contributed by atoms with Crippen molar-refractivity contribution in [1.82, 2.24) is 4.90 Å². The van der Waals surface area contributed by atoms with Gasteiger partial charge in [0.25, 0.3) is 0 Å². The highest BCUT2D eigenvalue weighted by molar-refractivity contribution is 5.77. The fraction of sp³-hybridized carbons (Fsp3) is 0.846. The standard InChI is InChI=1S/C13H21NO4/c1-13(2,3)18-12(16)14-8-5-6-9(10(14)7-8)11(15)17-4/h8-10H,5-7H2,1-4H3/t8-,9+,10-/m1/s1. The van der Waals surface area contributed by atoms with E-state index in [2.05, 4.69) is 0 Å². The highest BCUT2D eigenvalue weighted by atomic mass is 16.6. The Morgan fingerprint density at radius 1 is 1.22 bits per heavy atom. The fourth-order valence-corrected chi connectivity index (χ4v) is 2.84. The number of hydrogen-bond acceptors (Lipinski definition) is 4. The van der Waals surface area contributed by atoms with E-state index in [1.807, 2.05) is 20.8 Å². The van der Waals surface area contributed by atoms with Gasteiger partial charge in [-0.3, -0.25) is 4.79 Å². The molecule has 0 radical (unpaired) electrons. The zero-order chi connectivity index (χ0) is 13.5. The summed E-state index contributed by atoms with van der Waals surface area (Å²) in [5.41, 5.74) is -0.498. The molecule has 0 unspecified atom stereocenters. The van der Waals surface area contributed by atoms with Crippen LogP contribution in [0.15, 0.2) is 0 Å². The largest absolute Gasteiger partial charge is 0.469 e. The van der Waals surface area contributed by atoms with E-state index in [1.54, 1.807) is 4.90 Å². The smallest absolute Gasteiger partial charge is 0.410 e. The van der Waals surface area contributed by atoms with Crippen LogP contribution in [0.25, 0.3) is 0 Å². The van der Waals surface area contributed by atoms with Crippen LogP contribution >= 0.6 is 0 Å². The lowest BCUT2D eigenvalue weighted by Gasteiger charge is -2.54. The van der Waals surface area contributed by atoms with Crippen molar-refractivity contribution in [3.8, 4) is 0 Å². The minimum absolute atomic E-state index is 0.0361. The quantitative estimate of drug-likeness (QED) is 0.672. The topological polar surface area (TPSA) is 55.8 Å². The molecule has 5 nitrogen and oxygen atoms in total. The van der Waals surface area contributed by atoms with E-state index in [1.165, 1.54) is 7.11 Å². The Hall–Kier alpha value is -1.26. The molecule has 1 amide bonds. The first kappa shape index (κ1) is 13.2. The number of hydrogen-bond donors (Lipinski definition) is 0. The predicted octanol–water partition coefficient (Wildman–Crippen LogP) is 1.95. The highest BCUT2D eigenvalue weighted by Gasteiger charge is 2.53. The fourth-order valence-electron chi connectivity index (χ4n) is 2.84. The summed E-state index contributed by atoms with van der Waals surface area (Å²) in [6.45, 7) is 5.54. The second kappa shape index (κ2) is 4.44. The number of esters is 1. The van der Waals surface area contributed by atoms with Crippen LogP contribution in [0, 0.1) is 5.92 Å². The van der Waals surface area contributed by atoms with Gasteiger partial charge in [0.2, 0.25) is 0 Å². The van der Waals surface area contributed by atoms with Gasteiger partial charge >= 0.3 is 12.1 Å². The molecule has 102 valence electrons. The molecule has 0 aromatic rings. The van der Waals surface area contributed by atoms with Crippen LogP contribution < -0.4 is 0 Å². The van der Waals surface area contributed by atoms with E-state index in [0.717, 1.165) is 19.3 Å². The van der Waals surface area contributed by atoms with Crippen molar-refractivity contribution in [2.75, 3.05) is 7.11 Å². The van der Waals surface area contributed by atoms with Gasteiger partial charge in [-0.05, 0) is 40.0 Å². The lowest BCUT2D eigenvalue weighted by molar-refractivity contribution is -0.157. The van der Waals surface area contributed by atoms with E-state index in [9.17, 15) is 9.59 Å². The van der Waals surface area contributed by atoms with Gasteiger partial charge in [-0.2, -0.15) is 0 Å². The summed E-state index contributed by atoms with van der Waals surface area (Å²) in [6, 6.07) is 0.205. The molecule has 2 bridgehead atoms. The maximum absolute atomic E-state index is 12.1. The lowest BCUT2D eigenvalue weighted by Crippen LogP contribution is -2.66. The van der Waals surface area contributed by atoms with Crippen LogP contribution in [0.1, 0.15) is 40.0 Å². The molecule has 3 fully saturated rings. The Morgan fingerprint density at radius 2 is 1.89 bits per heavy atom. The van der Waals surface area contributed by atoms with E-state index >= 15 is 0 Å². The number of methoxy groups -OCH3 is 1. The molecule has 5 heteroatoms. The molecule has 2 aliphatic heterocycles. The summed E-state index contributed by atoms with van der Waals surface area (Å²) in [4.78, 5) is 25.4. The third kappa shape index (κ3) is 2.31. The maximum Gasteiger partial charge on any atom is 0.410 e. The number of piperidine rings is 1. The van der Waals surface area contributed by atoms with Crippen LogP contribution in [0.4, 0.5) is 4.79 Å². The van der Waals surface area contributed by atoms with Crippen molar-refractivity contribution in [3.63, 3.8) is 0 Å². The molecule has 0 N–H and O–H groups in total. The minimum atomic E-state index is -0.498. The number of ether oxygens (including phenoxy) is 2. The molecule has 0 aromatic heterocycles. The van der Waals surface area contributed by atoms with Gasteiger partial charge in [-0.25, -0.2) is 4.79 Å². The molecule has 0 aromatic carbocycles. The zero-order valence-corrected chi connectivity index (χ0v) is 11.4. The highest BCUT2D eigenvalue weighted by Crippen LogP contribution is 2.43. The summed E-state index contributed by atoms with van der Waals surface area (Å²) in [7, 11) is 1.39. The third-order valence-electron chi connectivity index (χ3n) is 3.65. The van der Waals surface area contributed by atoms with Crippen LogP contribution in [0.5, 0.6) is 0 Å². The Kier molecular flexibility index (Phi) is 3.25. The first-order valence-corrected chi connectivity index (χ1v) is 6.42. The second-order valence-electron chi connectivity index (χ2n) is 6.05. The zero-order valence-electron chi connectivity index (χ0n) is 11.4. The summed E-state index contributed by atoms with van der Waals surface area (Å²) >= 11 is 0. The van der Waals surface area contributed by atoms with E-state index in [4.69, 9.17) is 9.47 Å². The molecule has 1 aliphatic carbocycles. The van der Waals surface area contributed by atoms with Crippen molar-refractivity contribution in [1.29, 1.82) is 0 Å². The molecule has 2 saturated heterocycles. The van der Waals surface area contributed by atoms with Crippen molar-refractivity contribution in [2.45, 2.75) is 57.7 Å². The Morgan fingerprint density at radius 3 is 2.39 bits per heavy atom. The molecule has 2 heterocycles. The van der Waals surface area contributed by atoms with Crippen LogP contribution in [-0.2, 0) is 14.3 Å². The average molecular weight is 255 g/mol. The second-order valence-corrected chi connectivity index (χ2v) is 6.05. The Labute approximate surface area is 107 Å². The van der Waals surface area contributed by atoms with Crippen molar-refractivity contribution in [3.05, 3.63) is 0 Å². The van der Waals surface area contributed by atoms with Gasteiger partial charge in [0, 0.05) is 6.04 Å².